The lowest BCUT2D eigenvalue weighted by molar-refractivity contribution is -0.133. The first-order valence-electron chi connectivity index (χ1n) is 27.1. The normalized spacial score (nSPS) is 21.1. The average Bonchev–Trinajstić information content (AvgIpc) is 1.99. The monoisotopic (exact) mass is 1320 g/mol. The molecule has 27 heteroatoms. The van der Waals surface area contributed by atoms with E-state index in [1.807, 2.05) is 5.38 Å². The summed E-state index contributed by atoms with van der Waals surface area (Å²) in [6.07, 6.45) is 3.26. The molecule has 0 radical (unpaired) electrons. The van der Waals surface area contributed by atoms with Crippen LogP contribution in [-0.2, 0) is 28.8 Å². The van der Waals surface area contributed by atoms with Crippen LogP contribution in [0.25, 0.3) is 0 Å². The van der Waals surface area contributed by atoms with E-state index in [0.717, 1.165) is 39.4 Å². The molecule has 452 valence electrons. The molecule has 6 aromatic rings. The fourth-order valence-electron chi connectivity index (χ4n) is 10.4. The minimum atomic E-state index is -2.88. The van der Waals surface area contributed by atoms with Crippen LogP contribution in [0.5, 0.6) is 0 Å². The second kappa shape index (κ2) is 28.8. The highest BCUT2D eigenvalue weighted by Gasteiger charge is 2.50. The number of hydrogen-bond donors (Lipinski definition) is 5. The van der Waals surface area contributed by atoms with E-state index in [0.29, 0.717) is 5.82 Å². The van der Waals surface area contributed by atoms with Crippen LogP contribution in [0.2, 0.25) is 10.0 Å². The van der Waals surface area contributed by atoms with E-state index in [1.165, 1.54) is 89.2 Å². The Morgan fingerprint density at radius 2 is 1.14 bits per heavy atom. The Bertz CT molecular complexity index is 3300. The Morgan fingerprint density at radius 3 is 1.53 bits per heavy atom. The number of aromatic nitrogens is 2. The molecule has 16 nitrogen and oxygen atoms in total. The number of nitrogens with two attached hydrogens (primary N) is 2. The number of alkyl halides is 4. The number of hydrogen-bond acceptors (Lipinski definition) is 12. The van der Waals surface area contributed by atoms with Crippen LogP contribution in [0.1, 0.15) is 100 Å². The first-order valence-corrected chi connectivity index (χ1v) is 30.5. The van der Waals surface area contributed by atoms with Gasteiger partial charge in [-0.2, -0.15) is 0 Å². The van der Waals surface area contributed by atoms with Gasteiger partial charge in [-0.15, -0.1) is 22.7 Å². The van der Waals surface area contributed by atoms with E-state index in [-0.39, 0.29) is 82.1 Å². The van der Waals surface area contributed by atoms with Crippen LogP contribution in [0.3, 0.4) is 0 Å². The number of halogens is 9. The lowest BCUT2D eigenvalue weighted by Crippen LogP contribution is -2.56. The van der Waals surface area contributed by atoms with E-state index in [4.69, 9.17) is 34.7 Å². The molecule has 4 aromatic carbocycles. The second-order valence-electron chi connectivity index (χ2n) is 20.9. The van der Waals surface area contributed by atoms with Gasteiger partial charge in [-0.05, 0) is 90.1 Å². The lowest BCUT2D eigenvalue weighted by Gasteiger charge is -2.39. The summed E-state index contributed by atoms with van der Waals surface area (Å²) in [6, 6.07) is 17.1. The highest BCUT2D eigenvalue weighted by atomic mass is 79.9. The predicted molar refractivity (Wildman–Crippen MR) is 316 cm³/mol. The van der Waals surface area contributed by atoms with Crippen molar-refractivity contribution < 1.29 is 55.1 Å². The van der Waals surface area contributed by atoms with Gasteiger partial charge in [0.15, 0.2) is 0 Å². The summed E-state index contributed by atoms with van der Waals surface area (Å²) < 4.78 is 83.2. The molecule has 5 fully saturated rings. The standard InChI is InChI=1S/C26H22ClF3N4O3S.C23H21ClF3N3O3.C6H14N2.C3H2BrNS/c27-19-7-2-1-6-18(19)23(24(36)32-16-11-26(29,30)12-16)33(17-5-3-4-15(28)10-17)25(37)20-8-9-22(35)34(20)21-13-38-14-31-21;24-17-7-2-1-6-16(17)20(21(32)28-14-11-23(26,27)12-14)30(15-5-3-4-13(25)10-15)22(33)18-8-9-19(31)29-18;7-5-3-1-2-4-6(5)8;4-3-1-6-2-5-3/h1-7,10,13-14,16,20,23H,8-9,11-12H2,(H,32,36);1-7,10,14,18,20H,8-9,11-12H2,(H,28,32)(H,29,31);5-6H,1-4,7-8H2;1-2H/t20-,23-;18-,20?;5-,6-;/m001./s1. The van der Waals surface area contributed by atoms with Crippen molar-refractivity contribution in [3.63, 3.8) is 0 Å². The van der Waals surface area contributed by atoms with E-state index >= 15 is 0 Å². The third kappa shape index (κ3) is 16.7. The number of carbonyl (C=O) groups excluding carboxylic acids is 6. The van der Waals surface area contributed by atoms with Crippen molar-refractivity contribution in [2.24, 2.45) is 11.5 Å². The Kier molecular flexibility index (Phi) is 21.9. The number of carbonyl (C=O) groups is 6. The van der Waals surface area contributed by atoms with Gasteiger partial charge in [0.05, 0.1) is 11.0 Å². The van der Waals surface area contributed by atoms with Crippen LogP contribution in [0.15, 0.2) is 123 Å². The van der Waals surface area contributed by atoms with Gasteiger partial charge in [-0.3, -0.25) is 43.5 Å². The summed E-state index contributed by atoms with van der Waals surface area (Å²) in [6.45, 7) is 0. The van der Waals surface area contributed by atoms with Gasteiger partial charge in [-0.25, -0.2) is 36.3 Å². The van der Waals surface area contributed by atoms with E-state index in [1.54, 1.807) is 52.6 Å². The molecule has 2 saturated heterocycles. The topological polar surface area (TPSA) is 226 Å². The van der Waals surface area contributed by atoms with Gasteiger partial charge >= 0.3 is 0 Å². The summed E-state index contributed by atoms with van der Waals surface area (Å²) in [7, 11) is 0. The number of amides is 6. The molecule has 3 saturated carbocycles. The van der Waals surface area contributed by atoms with Crippen molar-refractivity contribution in [1.82, 2.24) is 25.9 Å². The molecule has 11 rings (SSSR count). The zero-order valence-corrected chi connectivity index (χ0v) is 49.9. The molecule has 1 unspecified atom stereocenters. The third-order valence-electron chi connectivity index (χ3n) is 14.7. The molecule has 3 aliphatic carbocycles. The Hall–Kier alpha value is -6.48. The molecular formula is C58H59BrCl2F6N10O6S2. The molecule has 85 heavy (non-hydrogen) atoms. The number of nitrogens with zero attached hydrogens (tertiary/aromatic N) is 5. The molecule has 2 aromatic heterocycles. The van der Waals surface area contributed by atoms with E-state index < -0.39 is 109 Å². The predicted octanol–water partition coefficient (Wildman–Crippen LogP) is 11.0. The number of anilines is 3. The fraction of sp³-hybridized carbons (Fsp3) is 0.379. The first kappa shape index (κ1) is 64.5. The van der Waals surface area contributed by atoms with Crippen molar-refractivity contribution in [1.29, 1.82) is 0 Å². The highest BCUT2D eigenvalue weighted by molar-refractivity contribution is 9.10. The van der Waals surface area contributed by atoms with E-state index in [2.05, 4.69) is 41.8 Å². The molecule has 0 bridgehead atoms. The Balaban J connectivity index is 0.000000181. The average molecular weight is 1320 g/mol. The molecular weight excluding hydrogens is 1260 g/mol. The molecule has 2 aliphatic heterocycles. The van der Waals surface area contributed by atoms with Crippen molar-refractivity contribution in [3.05, 3.63) is 156 Å². The Morgan fingerprint density at radius 1 is 0.659 bits per heavy atom. The van der Waals surface area contributed by atoms with Gasteiger partial charge in [0.25, 0.3) is 23.7 Å². The maximum Gasteiger partial charge on any atom is 0.252 e. The maximum absolute atomic E-state index is 14.4. The Labute approximate surface area is 512 Å². The quantitative estimate of drug-likeness (QED) is 0.0688. The van der Waals surface area contributed by atoms with Crippen molar-refractivity contribution in [3.8, 4) is 0 Å². The fourth-order valence-corrected chi connectivity index (χ4v) is 12.4. The van der Waals surface area contributed by atoms with E-state index in [9.17, 15) is 55.1 Å². The molecule has 6 atom stereocenters. The molecule has 7 N–H and O–H groups in total. The molecule has 4 heterocycles. The minimum Gasteiger partial charge on any atom is -0.351 e. The maximum atomic E-state index is 14.4. The zero-order valence-electron chi connectivity index (χ0n) is 45.2. The second-order valence-corrected chi connectivity index (χ2v) is 24.0. The number of rotatable bonds is 13. The van der Waals surface area contributed by atoms with Crippen molar-refractivity contribution in [2.45, 2.75) is 137 Å². The van der Waals surface area contributed by atoms with Crippen molar-refractivity contribution >= 4 is 114 Å². The minimum absolute atomic E-state index is 0.0478. The number of benzene rings is 4. The molecule has 5 aliphatic rings. The smallest absolute Gasteiger partial charge is 0.252 e. The van der Waals surface area contributed by atoms with Gasteiger partial charge in [0.2, 0.25) is 23.6 Å². The highest BCUT2D eigenvalue weighted by Crippen LogP contribution is 2.42. The van der Waals surface area contributed by atoms with Gasteiger partial charge in [-0.1, -0.05) is 84.6 Å². The lowest BCUT2D eigenvalue weighted by atomic mass is 9.87. The van der Waals surface area contributed by atoms with Crippen LogP contribution in [0, 0.1) is 11.6 Å². The summed E-state index contributed by atoms with van der Waals surface area (Å²) in [5, 5.41) is 11.6. The van der Waals surface area contributed by atoms with Crippen LogP contribution >= 0.6 is 61.8 Å². The number of nitrogens with one attached hydrogen (secondary N) is 3. The summed E-state index contributed by atoms with van der Waals surface area (Å²) in [4.78, 5) is 90.9. The van der Waals surface area contributed by atoms with Crippen LogP contribution in [-0.4, -0.2) is 93.5 Å². The van der Waals surface area contributed by atoms with Gasteiger partial charge < -0.3 is 27.4 Å². The third-order valence-corrected chi connectivity index (χ3v) is 17.3. The SMILES string of the molecule is Brc1cscn1.N[C@@H]1CCCC[C@H]1N.O=C(NC1CC(F)(F)C1)[C@H](c1ccccc1Cl)N(C(=O)[C@@H]1CCC(=O)N1c1cscn1)c1cccc(F)c1.O=C1CC[C@@H](C(=O)N(c2cccc(F)c2)C(C(=O)NC2CC(F)(F)C2)c2ccccc2Cl)N1. The summed E-state index contributed by atoms with van der Waals surface area (Å²) in [5.41, 5.74) is 15.2. The molecule has 6 amide bonds. The van der Waals surface area contributed by atoms with Crippen LogP contribution < -0.4 is 42.1 Å². The van der Waals surface area contributed by atoms with Crippen molar-refractivity contribution in [2.75, 3.05) is 14.7 Å². The van der Waals surface area contributed by atoms with Gasteiger partial charge in [0, 0.05) is 106 Å². The summed E-state index contributed by atoms with van der Waals surface area (Å²) in [5.74, 6) is -10.1. The largest absolute Gasteiger partial charge is 0.351 e. The number of thiazole rings is 2. The summed E-state index contributed by atoms with van der Waals surface area (Å²) >= 11 is 18.8. The molecule has 0 spiro atoms. The van der Waals surface area contributed by atoms with Crippen LogP contribution in [0.4, 0.5) is 43.5 Å². The first-order chi connectivity index (χ1) is 40.5. The van der Waals surface area contributed by atoms with Gasteiger partial charge in [0.1, 0.15) is 46.2 Å². The zero-order chi connectivity index (χ0) is 61.2.